The number of nitrogens with one attached hydrogen (secondary N) is 2. The highest BCUT2D eigenvalue weighted by atomic mass is 79.9. The van der Waals surface area contributed by atoms with Crippen molar-refractivity contribution in [2.24, 2.45) is 0 Å². The highest BCUT2D eigenvalue weighted by molar-refractivity contribution is 9.10. The van der Waals surface area contributed by atoms with Gasteiger partial charge in [0.15, 0.2) is 6.61 Å². The Labute approximate surface area is 143 Å². The molecule has 0 saturated carbocycles. The molecule has 2 aromatic carbocycles. The molecule has 2 aromatic rings. The van der Waals surface area contributed by atoms with Gasteiger partial charge in [-0.2, -0.15) is 0 Å². The first-order chi connectivity index (χ1) is 11.1. The molecule has 0 heterocycles. The van der Waals surface area contributed by atoms with Gasteiger partial charge in [-0.3, -0.25) is 9.59 Å². The van der Waals surface area contributed by atoms with E-state index >= 15 is 0 Å². The van der Waals surface area contributed by atoms with Crippen LogP contribution in [0.1, 0.15) is 10.4 Å². The molecule has 0 aliphatic carbocycles. The van der Waals surface area contributed by atoms with Crippen LogP contribution in [-0.2, 0) is 4.79 Å². The Morgan fingerprint density at radius 2 is 1.70 bits per heavy atom. The molecule has 0 unspecified atom stereocenters. The average molecular weight is 377 g/mol. The predicted octanol–water partition coefficient (Wildman–Crippen LogP) is 2.37. The third kappa shape index (κ3) is 6.12. The third-order valence-corrected chi connectivity index (χ3v) is 3.43. The number of para-hydroxylation sites is 1. The van der Waals surface area contributed by atoms with Crippen LogP contribution in [0.15, 0.2) is 59.1 Å². The Balaban J connectivity index is 1.63. The van der Waals surface area contributed by atoms with Crippen molar-refractivity contribution >= 4 is 27.7 Å². The van der Waals surface area contributed by atoms with Gasteiger partial charge in [-0.05, 0) is 30.3 Å². The molecule has 120 valence electrons. The standard InChI is InChI=1S/C17H17BrN2O3/c18-14-6-4-5-13(11-14)17(22)20-10-9-19-16(21)12-23-15-7-2-1-3-8-15/h1-8,11H,9-10,12H2,(H,19,21)(H,20,22). The molecule has 2 rings (SSSR count). The first-order valence-electron chi connectivity index (χ1n) is 7.13. The number of ether oxygens (including phenoxy) is 1. The van der Waals surface area contributed by atoms with Crippen molar-refractivity contribution in [1.29, 1.82) is 0 Å². The maximum Gasteiger partial charge on any atom is 0.258 e. The number of carbonyl (C=O) groups is 2. The van der Waals surface area contributed by atoms with E-state index in [1.165, 1.54) is 0 Å². The van der Waals surface area contributed by atoms with Crippen LogP contribution in [0.25, 0.3) is 0 Å². The number of benzene rings is 2. The van der Waals surface area contributed by atoms with Crippen molar-refractivity contribution in [3.8, 4) is 5.75 Å². The molecule has 0 fully saturated rings. The van der Waals surface area contributed by atoms with Crippen molar-refractivity contribution in [3.05, 3.63) is 64.6 Å². The number of halogens is 1. The van der Waals surface area contributed by atoms with Gasteiger partial charge in [0.05, 0.1) is 0 Å². The van der Waals surface area contributed by atoms with E-state index in [1.807, 2.05) is 24.3 Å². The highest BCUT2D eigenvalue weighted by Crippen LogP contribution is 2.11. The minimum atomic E-state index is -0.231. The van der Waals surface area contributed by atoms with Crippen LogP contribution in [0.3, 0.4) is 0 Å². The lowest BCUT2D eigenvalue weighted by Crippen LogP contribution is -2.36. The number of hydrogen-bond donors (Lipinski definition) is 2. The topological polar surface area (TPSA) is 67.4 Å². The molecular formula is C17H17BrN2O3. The van der Waals surface area contributed by atoms with Crippen LogP contribution in [-0.4, -0.2) is 31.5 Å². The monoisotopic (exact) mass is 376 g/mol. The molecule has 0 spiro atoms. The number of rotatable bonds is 7. The van der Waals surface area contributed by atoms with E-state index in [0.29, 0.717) is 24.4 Å². The number of hydrogen-bond acceptors (Lipinski definition) is 3. The van der Waals surface area contributed by atoms with Crippen molar-refractivity contribution in [2.75, 3.05) is 19.7 Å². The minimum Gasteiger partial charge on any atom is -0.484 e. The summed E-state index contributed by atoms with van der Waals surface area (Å²) in [6, 6.07) is 16.2. The van der Waals surface area contributed by atoms with E-state index in [0.717, 1.165) is 4.47 Å². The molecule has 0 atom stereocenters. The van der Waals surface area contributed by atoms with E-state index in [1.54, 1.807) is 30.3 Å². The Morgan fingerprint density at radius 3 is 2.43 bits per heavy atom. The van der Waals surface area contributed by atoms with Crippen LogP contribution in [0.5, 0.6) is 5.75 Å². The predicted molar refractivity (Wildman–Crippen MR) is 91.4 cm³/mol. The maximum absolute atomic E-state index is 11.9. The number of amides is 2. The van der Waals surface area contributed by atoms with Crippen molar-refractivity contribution in [1.82, 2.24) is 10.6 Å². The van der Waals surface area contributed by atoms with Crippen molar-refractivity contribution in [3.63, 3.8) is 0 Å². The zero-order valence-corrected chi connectivity index (χ0v) is 14.0. The second-order valence-corrected chi connectivity index (χ2v) is 5.63. The van der Waals surface area contributed by atoms with Crippen LogP contribution in [0.4, 0.5) is 0 Å². The first-order valence-corrected chi connectivity index (χ1v) is 7.93. The average Bonchev–Trinajstić information content (AvgIpc) is 2.57. The molecule has 23 heavy (non-hydrogen) atoms. The molecule has 0 radical (unpaired) electrons. The number of carbonyl (C=O) groups excluding carboxylic acids is 2. The lowest BCUT2D eigenvalue weighted by molar-refractivity contribution is -0.123. The van der Waals surface area contributed by atoms with Gasteiger partial charge in [0.1, 0.15) is 5.75 Å². The zero-order valence-electron chi connectivity index (χ0n) is 12.4. The maximum atomic E-state index is 11.9. The lowest BCUT2D eigenvalue weighted by Gasteiger charge is -2.08. The fraction of sp³-hybridized carbons (Fsp3) is 0.176. The lowest BCUT2D eigenvalue weighted by atomic mass is 10.2. The minimum absolute atomic E-state index is 0.0520. The Kier molecular flexibility index (Phi) is 6.62. The molecule has 2 N–H and O–H groups in total. The molecule has 0 bridgehead atoms. The summed E-state index contributed by atoms with van der Waals surface area (Å²) in [7, 11) is 0. The fourth-order valence-electron chi connectivity index (χ4n) is 1.83. The van der Waals surface area contributed by atoms with E-state index < -0.39 is 0 Å². The third-order valence-electron chi connectivity index (χ3n) is 2.93. The van der Waals surface area contributed by atoms with E-state index in [-0.39, 0.29) is 18.4 Å². The van der Waals surface area contributed by atoms with Gasteiger partial charge in [0.2, 0.25) is 0 Å². The summed E-state index contributed by atoms with van der Waals surface area (Å²) in [5.41, 5.74) is 0.568. The van der Waals surface area contributed by atoms with Crippen LogP contribution < -0.4 is 15.4 Å². The quantitative estimate of drug-likeness (QED) is 0.729. The Bertz CT molecular complexity index is 662. The summed E-state index contributed by atoms with van der Waals surface area (Å²) in [6.07, 6.45) is 0. The van der Waals surface area contributed by atoms with Gasteiger partial charge in [0.25, 0.3) is 11.8 Å². The van der Waals surface area contributed by atoms with Gasteiger partial charge >= 0.3 is 0 Å². The van der Waals surface area contributed by atoms with Crippen LogP contribution in [0.2, 0.25) is 0 Å². The second-order valence-electron chi connectivity index (χ2n) is 4.72. The van der Waals surface area contributed by atoms with Crippen molar-refractivity contribution in [2.45, 2.75) is 0 Å². The van der Waals surface area contributed by atoms with Crippen molar-refractivity contribution < 1.29 is 14.3 Å². The summed E-state index contributed by atoms with van der Waals surface area (Å²) in [5.74, 6) is 0.234. The van der Waals surface area contributed by atoms with Gasteiger partial charge in [-0.15, -0.1) is 0 Å². The van der Waals surface area contributed by atoms with Crippen LogP contribution >= 0.6 is 15.9 Å². The molecule has 0 aromatic heterocycles. The molecule has 5 nitrogen and oxygen atoms in total. The summed E-state index contributed by atoms with van der Waals surface area (Å²) in [6.45, 7) is 0.642. The molecular weight excluding hydrogens is 360 g/mol. The highest BCUT2D eigenvalue weighted by Gasteiger charge is 2.06. The van der Waals surface area contributed by atoms with Gasteiger partial charge in [0, 0.05) is 23.1 Å². The van der Waals surface area contributed by atoms with Gasteiger partial charge in [-0.25, -0.2) is 0 Å². The largest absolute Gasteiger partial charge is 0.484 e. The van der Waals surface area contributed by atoms with Gasteiger partial charge < -0.3 is 15.4 Å². The molecule has 2 amide bonds. The summed E-state index contributed by atoms with van der Waals surface area (Å²) in [5, 5.41) is 5.42. The Morgan fingerprint density at radius 1 is 0.957 bits per heavy atom. The fourth-order valence-corrected chi connectivity index (χ4v) is 2.23. The summed E-state index contributed by atoms with van der Waals surface area (Å²) in [4.78, 5) is 23.5. The first kappa shape index (κ1) is 17.0. The van der Waals surface area contributed by atoms with E-state index in [2.05, 4.69) is 26.6 Å². The Hall–Kier alpha value is -2.34. The molecule has 6 heteroatoms. The molecule has 0 aliphatic rings. The van der Waals surface area contributed by atoms with Gasteiger partial charge in [-0.1, -0.05) is 40.2 Å². The molecule has 0 saturated heterocycles. The smallest absolute Gasteiger partial charge is 0.258 e. The van der Waals surface area contributed by atoms with E-state index in [4.69, 9.17) is 4.74 Å². The summed E-state index contributed by atoms with van der Waals surface area (Å²) < 4.78 is 6.17. The summed E-state index contributed by atoms with van der Waals surface area (Å²) >= 11 is 3.32. The zero-order chi connectivity index (χ0) is 16.5. The normalized spacial score (nSPS) is 9.96. The second kappa shape index (κ2) is 8.95. The van der Waals surface area contributed by atoms with E-state index in [9.17, 15) is 9.59 Å². The SMILES string of the molecule is O=C(COc1ccccc1)NCCNC(=O)c1cccc(Br)c1. The van der Waals surface area contributed by atoms with Crippen LogP contribution in [0, 0.1) is 0 Å². The molecule has 0 aliphatic heterocycles.